The molecule has 2 aromatic heterocycles. The van der Waals surface area contributed by atoms with Crippen molar-refractivity contribution in [3.8, 4) is 11.3 Å². The van der Waals surface area contributed by atoms with Crippen LogP contribution in [-0.2, 0) is 4.79 Å². The van der Waals surface area contributed by atoms with Crippen LogP contribution in [0.5, 0.6) is 0 Å². The Morgan fingerprint density at radius 1 is 1.24 bits per heavy atom. The molecule has 0 bridgehead atoms. The first-order chi connectivity index (χ1) is 16.0. The highest BCUT2D eigenvalue weighted by Crippen LogP contribution is 2.34. The zero-order valence-electron chi connectivity index (χ0n) is 18.7. The van der Waals surface area contributed by atoms with Gasteiger partial charge in [0.25, 0.3) is 0 Å². The van der Waals surface area contributed by atoms with Gasteiger partial charge in [-0.2, -0.15) is 5.10 Å². The molecule has 172 valence electrons. The van der Waals surface area contributed by atoms with Gasteiger partial charge in [0.2, 0.25) is 5.91 Å². The number of nitrogen functional groups attached to an aromatic ring is 1. The molecule has 1 saturated heterocycles. The summed E-state index contributed by atoms with van der Waals surface area (Å²) in [4.78, 5) is 25.5. The molecule has 2 N–H and O–H groups in total. The largest absolute Gasteiger partial charge is 0.383 e. The van der Waals surface area contributed by atoms with Crippen molar-refractivity contribution >= 4 is 22.8 Å². The molecule has 1 aliphatic heterocycles. The van der Waals surface area contributed by atoms with Crippen LogP contribution in [0.4, 0.5) is 10.2 Å². The molecule has 0 unspecified atom stereocenters. The van der Waals surface area contributed by atoms with Gasteiger partial charge in [-0.3, -0.25) is 9.69 Å². The topological polar surface area (TPSA) is 93.2 Å². The summed E-state index contributed by atoms with van der Waals surface area (Å²) in [6, 6.07) is 6.76. The number of amides is 1. The number of hydrogen-bond donors (Lipinski definition) is 1. The van der Waals surface area contributed by atoms with Gasteiger partial charge in [0.05, 0.1) is 11.4 Å². The number of benzene rings is 1. The Hall–Kier alpha value is -3.33. The van der Waals surface area contributed by atoms with Crippen LogP contribution in [0.25, 0.3) is 22.3 Å². The lowest BCUT2D eigenvalue weighted by Gasteiger charge is -2.33. The van der Waals surface area contributed by atoms with Crippen LogP contribution in [0, 0.1) is 5.82 Å². The molecule has 3 aromatic rings. The number of carbonyl (C=O) groups excluding carboxylic acids is 1. The van der Waals surface area contributed by atoms with Crippen LogP contribution in [-0.4, -0.2) is 68.2 Å². The summed E-state index contributed by atoms with van der Waals surface area (Å²) in [5.41, 5.74) is 8.15. The molecule has 8 nitrogen and oxygen atoms in total. The second kappa shape index (κ2) is 8.90. The third kappa shape index (κ3) is 4.20. The van der Waals surface area contributed by atoms with Gasteiger partial charge in [-0.15, -0.1) is 0 Å². The molecule has 3 heterocycles. The van der Waals surface area contributed by atoms with Crippen LogP contribution in [0.15, 0.2) is 42.7 Å². The van der Waals surface area contributed by atoms with E-state index in [1.165, 1.54) is 37.7 Å². The third-order valence-electron chi connectivity index (χ3n) is 6.81. The average molecular weight is 450 g/mol. The maximum atomic E-state index is 13.4. The number of fused-ring (bicyclic) bond motifs is 1. The summed E-state index contributed by atoms with van der Waals surface area (Å²) in [6.07, 6.45) is 9.62. The van der Waals surface area contributed by atoms with Crippen molar-refractivity contribution in [2.45, 2.75) is 37.8 Å². The average Bonchev–Trinajstić information content (AvgIpc) is 3.39. The van der Waals surface area contributed by atoms with Crippen molar-refractivity contribution in [3.63, 3.8) is 0 Å². The van der Waals surface area contributed by atoms with E-state index in [9.17, 15) is 9.18 Å². The number of nitrogens with zero attached hydrogens (tertiary/aromatic N) is 6. The lowest BCUT2D eigenvalue weighted by molar-refractivity contribution is -0.125. The van der Waals surface area contributed by atoms with Gasteiger partial charge in [0, 0.05) is 37.3 Å². The molecule has 2 aliphatic rings. The zero-order valence-corrected chi connectivity index (χ0v) is 18.7. The predicted octanol–water partition coefficient (Wildman–Crippen LogP) is 3.03. The highest BCUT2D eigenvalue weighted by Gasteiger charge is 2.30. The molecule has 2 fully saturated rings. The smallest absolute Gasteiger partial charge is 0.246 e. The lowest BCUT2D eigenvalue weighted by Crippen LogP contribution is -2.37. The van der Waals surface area contributed by atoms with Crippen LogP contribution in [0.1, 0.15) is 31.7 Å². The van der Waals surface area contributed by atoms with Crippen molar-refractivity contribution < 1.29 is 9.18 Å². The molecule has 33 heavy (non-hydrogen) atoms. The van der Waals surface area contributed by atoms with Gasteiger partial charge in [-0.05, 0) is 50.6 Å². The van der Waals surface area contributed by atoms with E-state index in [4.69, 9.17) is 10.8 Å². The van der Waals surface area contributed by atoms with Crippen LogP contribution >= 0.6 is 0 Å². The van der Waals surface area contributed by atoms with Crippen molar-refractivity contribution in [3.05, 3.63) is 48.6 Å². The van der Waals surface area contributed by atoms with E-state index >= 15 is 0 Å². The minimum atomic E-state index is -0.316. The molecule has 1 amide bonds. The van der Waals surface area contributed by atoms with Gasteiger partial charge >= 0.3 is 0 Å². The Labute approximate surface area is 191 Å². The van der Waals surface area contributed by atoms with Crippen molar-refractivity contribution in [2.75, 3.05) is 32.4 Å². The van der Waals surface area contributed by atoms with E-state index in [1.807, 2.05) is 15.7 Å². The molecule has 9 heteroatoms. The van der Waals surface area contributed by atoms with Crippen molar-refractivity contribution in [1.29, 1.82) is 0 Å². The van der Waals surface area contributed by atoms with Gasteiger partial charge in [-0.1, -0.05) is 12.5 Å². The van der Waals surface area contributed by atoms with Crippen molar-refractivity contribution in [2.24, 2.45) is 0 Å². The number of carbonyl (C=O) groups is 1. The van der Waals surface area contributed by atoms with E-state index in [2.05, 4.69) is 21.9 Å². The molecule has 0 radical (unpaired) electrons. The molecular weight excluding hydrogens is 421 g/mol. The minimum absolute atomic E-state index is 0.0175. The number of rotatable bonds is 6. The number of nitrogens with two attached hydrogens (primary N) is 1. The zero-order chi connectivity index (χ0) is 22.9. The molecule has 1 aliphatic carbocycles. The van der Waals surface area contributed by atoms with E-state index in [0.29, 0.717) is 41.7 Å². The monoisotopic (exact) mass is 449 g/mol. The van der Waals surface area contributed by atoms with E-state index in [-0.39, 0.29) is 17.8 Å². The van der Waals surface area contributed by atoms with Gasteiger partial charge in [0.1, 0.15) is 23.7 Å². The SMILES string of the molecule is CN(C/C=C/C(=O)N1CC[C@@H](n2nc(-c3ccc(F)cc3)c3c(N)ncnc32)C1)C1CCC1. The summed E-state index contributed by atoms with van der Waals surface area (Å²) in [5.74, 6) is 0.0301. The highest BCUT2D eigenvalue weighted by atomic mass is 19.1. The first-order valence-corrected chi connectivity index (χ1v) is 11.4. The summed E-state index contributed by atoms with van der Waals surface area (Å²) in [5, 5.41) is 5.44. The van der Waals surface area contributed by atoms with Crippen LogP contribution in [0.3, 0.4) is 0 Å². The lowest BCUT2D eigenvalue weighted by atomic mass is 9.92. The second-order valence-electron chi connectivity index (χ2n) is 8.91. The first-order valence-electron chi connectivity index (χ1n) is 11.4. The molecular formula is C24H28FN7O. The Balaban J connectivity index is 1.34. The molecule has 1 aromatic carbocycles. The number of hydrogen-bond acceptors (Lipinski definition) is 6. The summed E-state index contributed by atoms with van der Waals surface area (Å²) >= 11 is 0. The normalized spacial score (nSPS) is 19.1. The molecule has 1 atom stereocenters. The Morgan fingerprint density at radius 3 is 2.76 bits per heavy atom. The van der Waals surface area contributed by atoms with Crippen LogP contribution in [0.2, 0.25) is 0 Å². The maximum Gasteiger partial charge on any atom is 0.246 e. The summed E-state index contributed by atoms with van der Waals surface area (Å²) < 4.78 is 15.3. The molecule has 0 spiro atoms. The van der Waals surface area contributed by atoms with E-state index in [0.717, 1.165) is 18.5 Å². The molecule has 1 saturated carbocycles. The maximum absolute atomic E-state index is 13.4. The predicted molar refractivity (Wildman–Crippen MR) is 125 cm³/mol. The fraction of sp³-hybridized carbons (Fsp3) is 0.417. The third-order valence-corrected chi connectivity index (χ3v) is 6.81. The standard InChI is InChI=1S/C24H28FN7O/c1-30(18-4-2-5-18)12-3-6-20(33)31-13-11-19(14-31)32-24-21(23(26)27-15-28-24)22(29-32)16-7-9-17(25)10-8-16/h3,6-10,15,18-19H,2,4-5,11-14H2,1H3,(H2,26,27,28)/b6-3+/t19-/m1/s1. The van der Waals surface area contributed by atoms with E-state index < -0.39 is 0 Å². The van der Waals surface area contributed by atoms with Gasteiger partial charge < -0.3 is 10.6 Å². The first kappa shape index (κ1) is 21.5. The van der Waals surface area contributed by atoms with E-state index in [1.54, 1.807) is 18.2 Å². The van der Waals surface area contributed by atoms with Crippen LogP contribution < -0.4 is 5.73 Å². The molecule has 5 rings (SSSR count). The minimum Gasteiger partial charge on any atom is -0.383 e. The highest BCUT2D eigenvalue weighted by molar-refractivity contribution is 5.98. The quantitative estimate of drug-likeness (QED) is 0.582. The number of aromatic nitrogens is 4. The Kier molecular flexibility index (Phi) is 5.80. The second-order valence-corrected chi connectivity index (χ2v) is 8.91. The summed E-state index contributed by atoms with van der Waals surface area (Å²) in [7, 11) is 2.11. The number of halogens is 1. The number of likely N-dealkylation sites (N-methyl/N-ethyl adjacent to an activating group) is 1. The number of anilines is 1. The number of likely N-dealkylation sites (tertiary alicyclic amines) is 1. The Bertz CT molecular complexity index is 1190. The van der Waals surface area contributed by atoms with Crippen molar-refractivity contribution in [1.82, 2.24) is 29.5 Å². The summed E-state index contributed by atoms with van der Waals surface area (Å²) in [6.45, 7) is 1.99. The fourth-order valence-electron chi connectivity index (χ4n) is 4.60. The fourth-order valence-corrected chi connectivity index (χ4v) is 4.60. The van der Waals surface area contributed by atoms with Gasteiger partial charge in [0.15, 0.2) is 5.65 Å². The Morgan fingerprint density at radius 2 is 2.03 bits per heavy atom. The van der Waals surface area contributed by atoms with Gasteiger partial charge in [-0.25, -0.2) is 19.0 Å².